The van der Waals surface area contributed by atoms with Crippen molar-refractivity contribution < 1.29 is 9.59 Å². The molecular weight excluding hydrogens is 288 g/mol. The minimum absolute atomic E-state index is 0.196. The largest absolute Gasteiger partial charge is 0.293 e. The summed E-state index contributed by atoms with van der Waals surface area (Å²) >= 11 is 0. The van der Waals surface area contributed by atoms with Gasteiger partial charge in [0.25, 0.3) is 5.91 Å². The van der Waals surface area contributed by atoms with E-state index >= 15 is 0 Å². The normalized spacial score (nSPS) is 17.3. The van der Waals surface area contributed by atoms with Crippen LogP contribution < -0.4 is 5.01 Å². The highest BCUT2D eigenvalue weighted by Gasteiger charge is 2.39. The van der Waals surface area contributed by atoms with Crippen LogP contribution in [0.25, 0.3) is 0 Å². The Morgan fingerprint density at radius 1 is 1.00 bits per heavy atom. The quantitative estimate of drug-likeness (QED) is 0.643. The van der Waals surface area contributed by atoms with Crippen molar-refractivity contribution in [2.24, 2.45) is 11.0 Å². The van der Waals surface area contributed by atoms with Crippen LogP contribution in [-0.4, -0.2) is 17.4 Å². The first-order chi connectivity index (χ1) is 11.0. The van der Waals surface area contributed by atoms with Crippen molar-refractivity contribution >= 4 is 23.1 Å². The van der Waals surface area contributed by atoms with Crippen molar-refractivity contribution in [1.29, 1.82) is 0 Å². The highest BCUT2D eigenvalue weighted by atomic mass is 16.2. The van der Waals surface area contributed by atoms with Gasteiger partial charge in [-0.15, -0.1) is 0 Å². The molecule has 0 bridgehead atoms. The van der Waals surface area contributed by atoms with Crippen molar-refractivity contribution in [2.45, 2.75) is 20.8 Å². The summed E-state index contributed by atoms with van der Waals surface area (Å²) in [5.74, 6) is -1.33. The maximum absolute atomic E-state index is 12.8. The lowest BCUT2D eigenvalue weighted by Gasteiger charge is -2.14. The van der Waals surface area contributed by atoms with Crippen molar-refractivity contribution in [3.8, 4) is 0 Å². The molecule has 0 radical (unpaired) electrons. The molecule has 3 rings (SSSR count). The molecule has 0 N–H and O–H groups in total. The number of para-hydroxylation sites is 1. The number of hydrogen-bond acceptors (Lipinski definition) is 3. The van der Waals surface area contributed by atoms with Crippen molar-refractivity contribution in [2.75, 3.05) is 5.01 Å². The number of nitrogens with zero attached hydrogens (tertiary/aromatic N) is 2. The summed E-state index contributed by atoms with van der Waals surface area (Å²) in [5, 5.41) is 5.61. The zero-order valence-corrected chi connectivity index (χ0v) is 13.4. The average molecular weight is 306 g/mol. The first kappa shape index (κ1) is 15.2. The number of rotatable bonds is 3. The second-order valence-electron chi connectivity index (χ2n) is 5.82. The van der Waals surface area contributed by atoms with Crippen LogP contribution in [0, 0.1) is 19.8 Å². The van der Waals surface area contributed by atoms with Gasteiger partial charge in [-0.25, -0.2) is 0 Å². The number of hydrazone groups is 1. The molecule has 0 aliphatic carbocycles. The Bertz CT molecular complexity index is 809. The lowest BCUT2D eigenvalue weighted by molar-refractivity contribution is -0.118. The third kappa shape index (κ3) is 2.68. The van der Waals surface area contributed by atoms with Gasteiger partial charge in [0.05, 0.1) is 11.4 Å². The van der Waals surface area contributed by atoms with Gasteiger partial charge in [-0.3, -0.25) is 9.59 Å². The van der Waals surface area contributed by atoms with Gasteiger partial charge in [0.2, 0.25) is 0 Å². The Balaban J connectivity index is 1.92. The van der Waals surface area contributed by atoms with Gasteiger partial charge in [-0.1, -0.05) is 30.3 Å². The van der Waals surface area contributed by atoms with Crippen LogP contribution in [0.3, 0.4) is 0 Å². The number of carbonyl (C=O) groups excluding carboxylic acids is 2. The van der Waals surface area contributed by atoms with Gasteiger partial charge in [-0.05, 0) is 50.1 Å². The number of ketones is 1. The minimum Gasteiger partial charge on any atom is -0.293 e. The van der Waals surface area contributed by atoms with Crippen LogP contribution in [0.5, 0.6) is 0 Å². The molecule has 116 valence electrons. The van der Waals surface area contributed by atoms with Gasteiger partial charge in [0.1, 0.15) is 5.92 Å². The van der Waals surface area contributed by atoms with E-state index in [2.05, 4.69) is 5.10 Å². The summed E-state index contributed by atoms with van der Waals surface area (Å²) in [6.45, 7) is 5.68. The molecular formula is C19H18N2O2. The number of aryl methyl sites for hydroxylation is 2. The van der Waals surface area contributed by atoms with E-state index in [-0.39, 0.29) is 11.7 Å². The molecule has 23 heavy (non-hydrogen) atoms. The van der Waals surface area contributed by atoms with Crippen LogP contribution in [0.15, 0.2) is 53.6 Å². The summed E-state index contributed by atoms with van der Waals surface area (Å²) in [6.07, 6.45) is 0. The summed E-state index contributed by atoms with van der Waals surface area (Å²) in [5.41, 5.74) is 3.91. The second-order valence-corrected chi connectivity index (χ2v) is 5.82. The number of benzene rings is 2. The standard InChI is InChI=1S/C19H18N2O2/c1-12-9-10-15(11-13(12)2)18(22)17-14(3)20-21(19(17)23)16-7-5-4-6-8-16/h4-11,17H,1-3H3. The Labute approximate surface area is 135 Å². The Morgan fingerprint density at radius 2 is 1.70 bits per heavy atom. The number of hydrogen-bond donors (Lipinski definition) is 0. The summed E-state index contributed by atoms with van der Waals surface area (Å²) in [6, 6.07) is 14.7. The lowest BCUT2D eigenvalue weighted by atomic mass is 9.92. The topological polar surface area (TPSA) is 49.7 Å². The van der Waals surface area contributed by atoms with Crippen LogP contribution in [-0.2, 0) is 4.79 Å². The van der Waals surface area contributed by atoms with Gasteiger partial charge in [-0.2, -0.15) is 10.1 Å². The van der Waals surface area contributed by atoms with Gasteiger partial charge in [0.15, 0.2) is 5.78 Å². The third-order valence-corrected chi connectivity index (χ3v) is 4.19. The predicted octanol–water partition coefficient (Wildman–Crippen LogP) is 3.53. The van der Waals surface area contributed by atoms with Gasteiger partial charge in [0, 0.05) is 5.56 Å². The Hall–Kier alpha value is -2.75. The molecule has 2 aromatic carbocycles. The van der Waals surface area contributed by atoms with E-state index < -0.39 is 5.92 Å². The smallest absolute Gasteiger partial charge is 0.264 e. The molecule has 1 unspecified atom stereocenters. The fourth-order valence-corrected chi connectivity index (χ4v) is 2.68. The van der Waals surface area contributed by atoms with E-state index in [0.29, 0.717) is 17.0 Å². The van der Waals surface area contributed by atoms with E-state index in [1.807, 2.05) is 44.2 Å². The number of Topliss-reactive ketones (excluding diaryl/α,β-unsaturated/α-hetero) is 1. The number of anilines is 1. The summed E-state index contributed by atoms with van der Waals surface area (Å²) in [4.78, 5) is 25.5. The van der Waals surface area contributed by atoms with E-state index in [9.17, 15) is 9.59 Å². The first-order valence-corrected chi connectivity index (χ1v) is 7.54. The molecule has 1 aliphatic rings. The zero-order chi connectivity index (χ0) is 16.6. The predicted molar refractivity (Wildman–Crippen MR) is 90.8 cm³/mol. The minimum atomic E-state index is -0.836. The highest BCUT2D eigenvalue weighted by molar-refractivity contribution is 6.30. The molecule has 4 nitrogen and oxygen atoms in total. The average Bonchev–Trinajstić information content (AvgIpc) is 2.85. The fraction of sp³-hybridized carbons (Fsp3) is 0.211. The lowest BCUT2D eigenvalue weighted by Crippen LogP contribution is -2.32. The van der Waals surface area contributed by atoms with Crippen LogP contribution in [0.1, 0.15) is 28.4 Å². The SMILES string of the molecule is CC1=NN(c2ccccc2)C(=O)C1C(=O)c1ccc(C)c(C)c1. The molecule has 0 spiro atoms. The molecule has 1 aliphatic heterocycles. The molecule has 4 heteroatoms. The fourth-order valence-electron chi connectivity index (χ4n) is 2.68. The maximum Gasteiger partial charge on any atom is 0.264 e. The van der Waals surface area contributed by atoms with Gasteiger partial charge >= 0.3 is 0 Å². The van der Waals surface area contributed by atoms with E-state index in [1.54, 1.807) is 25.1 Å². The number of amides is 1. The van der Waals surface area contributed by atoms with Crippen LogP contribution >= 0.6 is 0 Å². The monoisotopic (exact) mass is 306 g/mol. The molecule has 0 saturated heterocycles. The maximum atomic E-state index is 12.8. The van der Waals surface area contributed by atoms with E-state index in [4.69, 9.17) is 0 Å². The highest BCUT2D eigenvalue weighted by Crippen LogP contribution is 2.26. The first-order valence-electron chi connectivity index (χ1n) is 7.54. The molecule has 0 saturated carbocycles. The summed E-state index contributed by atoms with van der Waals surface area (Å²) < 4.78 is 0. The summed E-state index contributed by atoms with van der Waals surface area (Å²) in [7, 11) is 0. The molecule has 1 amide bonds. The van der Waals surface area contributed by atoms with Crippen LogP contribution in [0.2, 0.25) is 0 Å². The van der Waals surface area contributed by atoms with E-state index in [1.165, 1.54) is 5.01 Å². The molecule has 0 fully saturated rings. The molecule has 1 atom stereocenters. The van der Waals surface area contributed by atoms with E-state index in [0.717, 1.165) is 11.1 Å². The zero-order valence-electron chi connectivity index (χ0n) is 13.4. The van der Waals surface area contributed by atoms with Gasteiger partial charge < -0.3 is 0 Å². The molecule has 0 aromatic heterocycles. The number of carbonyl (C=O) groups is 2. The second kappa shape index (κ2) is 5.80. The van der Waals surface area contributed by atoms with Crippen LogP contribution in [0.4, 0.5) is 5.69 Å². The van der Waals surface area contributed by atoms with Crippen molar-refractivity contribution in [3.63, 3.8) is 0 Å². The Morgan fingerprint density at radius 3 is 2.35 bits per heavy atom. The van der Waals surface area contributed by atoms with Crippen molar-refractivity contribution in [1.82, 2.24) is 0 Å². The molecule has 2 aromatic rings. The third-order valence-electron chi connectivity index (χ3n) is 4.19. The molecule has 1 heterocycles. The Kier molecular flexibility index (Phi) is 3.82. The van der Waals surface area contributed by atoms with Crippen molar-refractivity contribution in [3.05, 3.63) is 65.2 Å².